The first-order valence-electron chi connectivity index (χ1n) is 3.61. The zero-order chi connectivity index (χ0) is 8.69. The van der Waals surface area contributed by atoms with E-state index < -0.39 is 12.8 Å². The van der Waals surface area contributed by atoms with E-state index in [1.54, 1.807) is 0 Å². The van der Waals surface area contributed by atoms with Crippen molar-refractivity contribution in [3.63, 3.8) is 0 Å². The van der Waals surface area contributed by atoms with Crippen LogP contribution >= 0.6 is 0 Å². The molecule has 66 valence electrons. The molecule has 0 heterocycles. The molecule has 4 nitrogen and oxygen atoms in total. The number of carbonyl (C=O) groups is 1. The van der Waals surface area contributed by atoms with E-state index in [-0.39, 0.29) is 18.9 Å². The van der Waals surface area contributed by atoms with Crippen molar-refractivity contribution in [2.24, 2.45) is 5.92 Å². The zero-order valence-corrected chi connectivity index (χ0v) is 6.62. The monoisotopic (exact) mass is 162 g/mol. The average Bonchev–Trinajstić information content (AvgIpc) is 2.01. The minimum Gasteiger partial charge on any atom is -0.439 e. The third-order valence-electron chi connectivity index (χ3n) is 1.52. The summed E-state index contributed by atoms with van der Waals surface area (Å²) in [5.41, 5.74) is 0. The third-order valence-corrected chi connectivity index (χ3v) is 1.52. The molecule has 0 amide bonds. The Morgan fingerprint density at radius 3 is 2.55 bits per heavy atom. The highest BCUT2D eigenvalue weighted by atomic mass is 16.6. The molecule has 0 saturated carbocycles. The van der Waals surface area contributed by atoms with Crippen molar-refractivity contribution >= 4 is 5.97 Å². The Balaban J connectivity index is 3.54. The summed E-state index contributed by atoms with van der Waals surface area (Å²) in [7, 11) is 0. The smallest absolute Gasteiger partial charge is 0.308 e. The van der Waals surface area contributed by atoms with Crippen LogP contribution in [0.1, 0.15) is 19.8 Å². The topological polar surface area (TPSA) is 66.8 Å². The molecule has 1 unspecified atom stereocenters. The van der Waals surface area contributed by atoms with E-state index in [1.165, 1.54) is 0 Å². The second kappa shape index (κ2) is 6.12. The zero-order valence-electron chi connectivity index (χ0n) is 6.62. The minimum absolute atomic E-state index is 0.0168. The van der Waals surface area contributed by atoms with Gasteiger partial charge in [0.05, 0.1) is 6.42 Å². The van der Waals surface area contributed by atoms with Crippen molar-refractivity contribution in [1.82, 2.24) is 0 Å². The molecule has 0 aromatic heterocycles. The number of rotatable bonds is 5. The quantitative estimate of drug-likeness (QED) is 0.437. The summed E-state index contributed by atoms with van der Waals surface area (Å²) in [6.45, 7) is 1.28. The average molecular weight is 162 g/mol. The maximum atomic E-state index is 10.7. The van der Waals surface area contributed by atoms with Crippen LogP contribution in [0.25, 0.3) is 0 Å². The Bertz CT molecular complexity index is 109. The Morgan fingerprint density at radius 1 is 1.55 bits per heavy atom. The molecule has 0 bridgehead atoms. The van der Waals surface area contributed by atoms with E-state index >= 15 is 0 Å². The summed E-state index contributed by atoms with van der Waals surface area (Å²) in [4.78, 5) is 10.7. The number of ether oxygens (including phenoxy) is 1. The number of aliphatic hydroxyl groups excluding tert-OH is 2. The predicted octanol–water partition coefficient (Wildman–Crippen LogP) is -0.112. The van der Waals surface area contributed by atoms with E-state index in [2.05, 4.69) is 4.74 Å². The molecule has 0 aromatic rings. The van der Waals surface area contributed by atoms with Gasteiger partial charge in [0.25, 0.3) is 0 Å². The summed E-state index contributed by atoms with van der Waals surface area (Å²) in [6, 6.07) is 0. The standard InChI is InChI=1S/C7H14O4/c1-2-6(4-8)3-7(10)11-5-9/h6,8-9H,2-5H2,1H3. The Hall–Kier alpha value is -0.610. The van der Waals surface area contributed by atoms with E-state index in [0.29, 0.717) is 0 Å². The van der Waals surface area contributed by atoms with Crippen LogP contribution in [0.2, 0.25) is 0 Å². The lowest BCUT2D eigenvalue weighted by molar-refractivity contribution is -0.153. The summed E-state index contributed by atoms with van der Waals surface area (Å²) in [5.74, 6) is -0.512. The predicted molar refractivity (Wildman–Crippen MR) is 38.7 cm³/mol. The SMILES string of the molecule is CCC(CO)CC(=O)OCO. The molecule has 11 heavy (non-hydrogen) atoms. The number of esters is 1. The highest BCUT2D eigenvalue weighted by Gasteiger charge is 2.11. The summed E-state index contributed by atoms with van der Waals surface area (Å²) in [5, 5.41) is 16.9. The first kappa shape index (κ1) is 10.4. The fraction of sp³-hybridized carbons (Fsp3) is 0.857. The van der Waals surface area contributed by atoms with Gasteiger partial charge in [-0.05, 0) is 5.92 Å². The van der Waals surface area contributed by atoms with Crippen molar-refractivity contribution in [2.75, 3.05) is 13.4 Å². The van der Waals surface area contributed by atoms with E-state index in [1.807, 2.05) is 6.92 Å². The third kappa shape index (κ3) is 4.75. The molecule has 0 aromatic carbocycles. The van der Waals surface area contributed by atoms with Gasteiger partial charge in [-0.15, -0.1) is 0 Å². The highest BCUT2D eigenvalue weighted by molar-refractivity contribution is 5.69. The second-order valence-electron chi connectivity index (χ2n) is 2.31. The van der Waals surface area contributed by atoms with E-state index in [4.69, 9.17) is 10.2 Å². The van der Waals surface area contributed by atoms with Crippen molar-refractivity contribution in [2.45, 2.75) is 19.8 Å². The van der Waals surface area contributed by atoms with Crippen LogP contribution < -0.4 is 0 Å². The molecule has 0 aliphatic heterocycles. The maximum absolute atomic E-state index is 10.7. The molecular weight excluding hydrogens is 148 g/mol. The molecule has 2 N–H and O–H groups in total. The van der Waals surface area contributed by atoms with Crippen LogP contribution in [0.4, 0.5) is 0 Å². The summed E-state index contributed by atoms with van der Waals surface area (Å²) in [6.07, 6.45) is 0.907. The first-order chi connectivity index (χ1) is 5.24. The second-order valence-corrected chi connectivity index (χ2v) is 2.31. The molecule has 1 atom stereocenters. The van der Waals surface area contributed by atoms with E-state index in [9.17, 15) is 4.79 Å². The molecule has 4 heteroatoms. The number of aliphatic hydroxyl groups is 2. The molecule has 0 saturated heterocycles. The van der Waals surface area contributed by atoms with Crippen molar-refractivity contribution < 1.29 is 19.7 Å². The molecular formula is C7H14O4. The van der Waals surface area contributed by atoms with Crippen LogP contribution in [0, 0.1) is 5.92 Å². The lowest BCUT2D eigenvalue weighted by Crippen LogP contribution is -2.14. The van der Waals surface area contributed by atoms with Crippen LogP contribution in [-0.2, 0) is 9.53 Å². The van der Waals surface area contributed by atoms with Gasteiger partial charge in [0.2, 0.25) is 0 Å². The van der Waals surface area contributed by atoms with Crippen molar-refractivity contribution in [1.29, 1.82) is 0 Å². The molecule has 0 fully saturated rings. The molecule has 0 spiro atoms. The van der Waals surface area contributed by atoms with Gasteiger partial charge in [-0.3, -0.25) is 4.79 Å². The normalized spacial score (nSPS) is 12.6. The lowest BCUT2D eigenvalue weighted by Gasteiger charge is -2.08. The molecule has 0 aliphatic carbocycles. The number of hydrogen-bond donors (Lipinski definition) is 2. The molecule has 0 radical (unpaired) electrons. The van der Waals surface area contributed by atoms with Gasteiger partial charge in [-0.25, -0.2) is 0 Å². The number of carbonyl (C=O) groups excluding carboxylic acids is 1. The van der Waals surface area contributed by atoms with Gasteiger partial charge in [0.15, 0.2) is 6.79 Å². The highest BCUT2D eigenvalue weighted by Crippen LogP contribution is 2.07. The van der Waals surface area contributed by atoms with Gasteiger partial charge >= 0.3 is 5.97 Å². The van der Waals surface area contributed by atoms with Crippen LogP contribution in [0.3, 0.4) is 0 Å². The Morgan fingerprint density at radius 2 is 2.18 bits per heavy atom. The van der Waals surface area contributed by atoms with Gasteiger partial charge in [0.1, 0.15) is 0 Å². The molecule has 0 rings (SSSR count). The lowest BCUT2D eigenvalue weighted by atomic mass is 10.0. The van der Waals surface area contributed by atoms with Gasteiger partial charge < -0.3 is 14.9 Å². The van der Waals surface area contributed by atoms with Crippen molar-refractivity contribution in [3.05, 3.63) is 0 Å². The summed E-state index contributed by atoms with van der Waals surface area (Å²) >= 11 is 0. The van der Waals surface area contributed by atoms with Gasteiger partial charge in [-0.2, -0.15) is 0 Å². The van der Waals surface area contributed by atoms with Crippen LogP contribution in [-0.4, -0.2) is 29.6 Å². The van der Waals surface area contributed by atoms with Crippen molar-refractivity contribution in [3.8, 4) is 0 Å². The number of hydrogen-bond acceptors (Lipinski definition) is 4. The fourth-order valence-corrected chi connectivity index (χ4v) is 0.705. The molecule has 0 aliphatic rings. The Kier molecular flexibility index (Phi) is 5.78. The fourth-order valence-electron chi connectivity index (χ4n) is 0.705. The summed E-state index contributed by atoms with van der Waals surface area (Å²) < 4.78 is 4.28. The Labute approximate surface area is 65.8 Å². The van der Waals surface area contributed by atoms with Gasteiger partial charge in [0, 0.05) is 6.61 Å². The first-order valence-corrected chi connectivity index (χ1v) is 3.61. The van der Waals surface area contributed by atoms with E-state index in [0.717, 1.165) is 6.42 Å². The van der Waals surface area contributed by atoms with Crippen LogP contribution in [0.15, 0.2) is 0 Å². The largest absolute Gasteiger partial charge is 0.439 e. The minimum atomic E-state index is -0.583. The van der Waals surface area contributed by atoms with Crippen LogP contribution in [0.5, 0.6) is 0 Å². The van der Waals surface area contributed by atoms with Gasteiger partial charge in [-0.1, -0.05) is 13.3 Å². The maximum Gasteiger partial charge on any atom is 0.308 e.